The number of aromatic nitrogens is 2. The third kappa shape index (κ3) is 9.08. The summed E-state index contributed by atoms with van der Waals surface area (Å²) in [5.74, 6) is -5.09. The molecule has 0 aliphatic rings. The maximum atomic E-state index is 15.0. The molecular weight excluding hydrogens is 624 g/mol. The molecule has 0 aliphatic carbocycles. The number of halogens is 4. The number of benzene rings is 2. The zero-order chi connectivity index (χ0) is 33.4. The highest BCUT2D eigenvalue weighted by molar-refractivity contribution is 7.89. The van der Waals surface area contributed by atoms with Crippen LogP contribution in [0.4, 0.5) is 29.1 Å². The first-order chi connectivity index (χ1) is 21.8. The number of nitrogen functional groups attached to an aromatic ring is 1. The van der Waals surface area contributed by atoms with E-state index in [4.69, 9.17) is 5.73 Å². The van der Waals surface area contributed by atoms with Crippen LogP contribution in [0.1, 0.15) is 36.5 Å². The number of nitrogens with two attached hydrogens (primary N) is 1. The van der Waals surface area contributed by atoms with Crippen molar-refractivity contribution in [3.8, 4) is 0 Å². The Morgan fingerprint density at radius 1 is 0.870 bits per heavy atom. The second kappa shape index (κ2) is 15.3. The van der Waals surface area contributed by atoms with Gasteiger partial charge in [-0.15, -0.1) is 0 Å². The Morgan fingerprint density at radius 2 is 1.57 bits per heavy atom. The van der Waals surface area contributed by atoms with Crippen molar-refractivity contribution in [3.63, 3.8) is 0 Å². The zero-order valence-electron chi connectivity index (χ0n) is 25.1. The molecule has 0 aliphatic heterocycles. The molecule has 0 saturated carbocycles. The molecule has 5 N–H and O–H groups in total. The molecular formula is C32H34F4N6O3S. The number of carbonyl (C=O) groups excluding carboxylic acids is 1. The molecule has 3 atom stereocenters. The van der Waals surface area contributed by atoms with Crippen molar-refractivity contribution < 1.29 is 30.8 Å². The summed E-state index contributed by atoms with van der Waals surface area (Å²) in [6.07, 6.45) is 3.72. The van der Waals surface area contributed by atoms with E-state index in [2.05, 4.69) is 25.3 Å². The summed E-state index contributed by atoms with van der Waals surface area (Å²) in [4.78, 5) is 21.2. The maximum Gasteiger partial charge on any atom is 0.242 e. The number of anilines is 2. The Morgan fingerprint density at radius 3 is 2.22 bits per heavy atom. The SMILES string of the molecule is CC(CNCCNS(=O)(=O)c1ccc(N)nc1)Cc1c(F)cncc1NC(=O)[C@@H](C)[C@@H](c1ccc(F)cc1)c1cc(F)cc(F)c1. The number of nitrogens with one attached hydrogen (secondary N) is 3. The van der Waals surface area contributed by atoms with Crippen LogP contribution >= 0.6 is 0 Å². The Bertz CT molecular complexity index is 1740. The molecule has 4 rings (SSSR count). The summed E-state index contributed by atoms with van der Waals surface area (Å²) in [6.45, 7) is 4.19. The van der Waals surface area contributed by atoms with Crippen molar-refractivity contribution >= 4 is 27.4 Å². The highest BCUT2D eigenvalue weighted by Crippen LogP contribution is 2.34. The van der Waals surface area contributed by atoms with E-state index in [1.807, 2.05) is 6.92 Å². The summed E-state index contributed by atoms with van der Waals surface area (Å²) < 4.78 is 84.3. The molecule has 0 fully saturated rings. The third-order valence-electron chi connectivity index (χ3n) is 7.36. The molecule has 0 spiro atoms. The van der Waals surface area contributed by atoms with Gasteiger partial charge in [0.1, 0.15) is 34.0 Å². The molecule has 0 saturated heterocycles. The number of hydrogen-bond donors (Lipinski definition) is 4. The smallest absolute Gasteiger partial charge is 0.242 e. The van der Waals surface area contributed by atoms with Crippen LogP contribution in [0.15, 0.2) is 78.1 Å². The van der Waals surface area contributed by atoms with Gasteiger partial charge in [-0.1, -0.05) is 26.0 Å². The molecule has 2 aromatic heterocycles. The van der Waals surface area contributed by atoms with Gasteiger partial charge in [-0.25, -0.2) is 35.7 Å². The lowest BCUT2D eigenvalue weighted by atomic mass is 9.81. The molecule has 9 nitrogen and oxygen atoms in total. The quantitative estimate of drug-likeness (QED) is 0.113. The van der Waals surface area contributed by atoms with Crippen LogP contribution in [0.25, 0.3) is 0 Å². The lowest BCUT2D eigenvalue weighted by molar-refractivity contribution is -0.119. The zero-order valence-corrected chi connectivity index (χ0v) is 25.9. The van der Waals surface area contributed by atoms with Gasteiger partial charge in [0.2, 0.25) is 15.9 Å². The van der Waals surface area contributed by atoms with Crippen molar-refractivity contribution in [2.24, 2.45) is 11.8 Å². The van der Waals surface area contributed by atoms with Crippen LogP contribution in [-0.4, -0.2) is 43.9 Å². The first-order valence-electron chi connectivity index (χ1n) is 14.4. The van der Waals surface area contributed by atoms with Crippen molar-refractivity contribution in [2.45, 2.75) is 31.1 Å². The predicted octanol–water partition coefficient (Wildman–Crippen LogP) is 4.77. The fraction of sp³-hybridized carbons (Fsp3) is 0.281. The number of nitrogens with zero attached hydrogens (tertiary/aromatic N) is 2. The van der Waals surface area contributed by atoms with Crippen LogP contribution < -0.4 is 21.1 Å². The first kappa shape index (κ1) is 34.5. The van der Waals surface area contributed by atoms with Gasteiger partial charge in [0.05, 0.1) is 18.1 Å². The summed E-state index contributed by atoms with van der Waals surface area (Å²) in [7, 11) is -3.76. The fourth-order valence-electron chi connectivity index (χ4n) is 5.05. The van der Waals surface area contributed by atoms with E-state index < -0.39 is 51.0 Å². The minimum absolute atomic E-state index is 0.0146. The summed E-state index contributed by atoms with van der Waals surface area (Å²) in [5.41, 5.74) is 6.48. The highest BCUT2D eigenvalue weighted by atomic mass is 32.2. The number of sulfonamides is 1. The average molecular weight is 659 g/mol. The van der Waals surface area contributed by atoms with Gasteiger partial charge < -0.3 is 16.4 Å². The highest BCUT2D eigenvalue weighted by Gasteiger charge is 2.29. The number of rotatable bonds is 14. The van der Waals surface area contributed by atoms with E-state index in [1.165, 1.54) is 42.6 Å². The van der Waals surface area contributed by atoms with Crippen LogP contribution in [-0.2, 0) is 21.2 Å². The number of hydrogen-bond acceptors (Lipinski definition) is 7. The van der Waals surface area contributed by atoms with Gasteiger partial charge in [0, 0.05) is 42.8 Å². The van der Waals surface area contributed by atoms with E-state index in [0.29, 0.717) is 18.2 Å². The van der Waals surface area contributed by atoms with Gasteiger partial charge in [0.15, 0.2) is 0 Å². The number of carbonyl (C=O) groups is 1. The van der Waals surface area contributed by atoms with E-state index in [-0.39, 0.29) is 53.0 Å². The molecule has 2 aromatic carbocycles. The van der Waals surface area contributed by atoms with Crippen molar-refractivity contribution in [3.05, 3.63) is 113 Å². The van der Waals surface area contributed by atoms with Crippen LogP contribution in [0.5, 0.6) is 0 Å². The van der Waals surface area contributed by atoms with Gasteiger partial charge in [-0.2, -0.15) is 0 Å². The Labute approximate surface area is 264 Å². The first-order valence-corrected chi connectivity index (χ1v) is 15.9. The monoisotopic (exact) mass is 658 g/mol. The number of amides is 1. The lowest BCUT2D eigenvalue weighted by Gasteiger charge is -2.25. The summed E-state index contributed by atoms with van der Waals surface area (Å²) in [6, 6.07) is 11.0. The molecule has 1 amide bonds. The van der Waals surface area contributed by atoms with Gasteiger partial charge >= 0.3 is 0 Å². The van der Waals surface area contributed by atoms with E-state index in [1.54, 1.807) is 6.92 Å². The van der Waals surface area contributed by atoms with Crippen molar-refractivity contribution in [1.29, 1.82) is 0 Å². The predicted molar refractivity (Wildman–Crippen MR) is 166 cm³/mol. The molecule has 0 radical (unpaired) electrons. The maximum absolute atomic E-state index is 15.0. The molecule has 0 bridgehead atoms. The Balaban J connectivity index is 1.40. The third-order valence-corrected chi connectivity index (χ3v) is 8.80. The summed E-state index contributed by atoms with van der Waals surface area (Å²) in [5, 5.41) is 5.84. The van der Waals surface area contributed by atoms with E-state index in [9.17, 15) is 30.8 Å². The average Bonchev–Trinajstić information content (AvgIpc) is 2.99. The number of pyridine rings is 2. The molecule has 2 heterocycles. The van der Waals surface area contributed by atoms with Crippen molar-refractivity contribution in [1.82, 2.24) is 20.0 Å². The normalized spacial score (nSPS) is 13.6. The van der Waals surface area contributed by atoms with Gasteiger partial charge in [-0.3, -0.25) is 9.78 Å². The van der Waals surface area contributed by atoms with Crippen molar-refractivity contribution in [2.75, 3.05) is 30.7 Å². The topological polar surface area (TPSA) is 139 Å². The van der Waals surface area contributed by atoms with E-state index in [0.717, 1.165) is 24.5 Å². The van der Waals surface area contributed by atoms with Crippen LogP contribution in [0.3, 0.4) is 0 Å². The second-order valence-electron chi connectivity index (χ2n) is 11.0. The summed E-state index contributed by atoms with van der Waals surface area (Å²) >= 11 is 0. The standard InChI is InChI=1S/C32H34F4N6O3S/c1-19(15-38-9-10-41-46(44,45)26-7-8-30(37)40-16-26)11-27-28(36)17-39-18-29(27)42-32(43)20(2)31(21-3-5-23(33)6-4-21)22-12-24(34)14-25(35)13-22/h3-8,12-14,16-20,31,38,41H,9-11,15H2,1-2H3,(H2,37,40)(H,42,43)/t19?,20-,31-/m0/s1. The molecule has 1 unspecified atom stereocenters. The minimum atomic E-state index is -3.76. The molecule has 14 heteroatoms. The van der Waals surface area contributed by atoms with Crippen LogP contribution in [0.2, 0.25) is 0 Å². The fourth-order valence-corrected chi connectivity index (χ4v) is 6.02. The van der Waals surface area contributed by atoms with Gasteiger partial charge in [-0.05, 0) is 66.4 Å². The lowest BCUT2D eigenvalue weighted by Crippen LogP contribution is -2.34. The Hall–Kier alpha value is -4.40. The van der Waals surface area contributed by atoms with Crippen LogP contribution in [0, 0.1) is 35.1 Å². The van der Waals surface area contributed by atoms with E-state index >= 15 is 0 Å². The van der Waals surface area contributed by atoms with Gasteiger partial charge in [0.25, 0.3) is 0 Å². The second-order valence-corrected chi connectivity index (χ2v) is 12.8. The Kier molecular flexibility index (Phi) is 11.4. The molecule has 46 heavy (non-hydrogen) atoms. The molecule has 4 aromatic rings. The minimum Gasteiger partial charge on any atom is -0.384 e. The largest absolute Gasteiger partial charge is 0.384 e. The molecule has 244 valence electrons.